The number of benzene rings is 2. The molecule has 3 heterocycles. The topological polar surface area (TPSA) is 89.6 Å². The molecule has 2 aromatic carbocycles. The van der Waals surface area contributed by atoms with Crippen molar-refractivity contribution < 1.29 is 0 Å². The van der Waals surface area contributed by atoms with E-state index in [0.29, 0.717) is 5.82 Å². The molecule has 26 heavy (non-hydrogen) atoms. The van der Waals surface area contributed by atoms with Gasteiger partial charge in [-0.15, -0.1) is 19.9 Å². The number of hydrogen-bond donors (Lipinski definition) is 1. The van der Waals surface area contributed by atoms with E-state index in [9.17, 15) is 0 Å². The summed E-state index contributed by atoms with van der Waals surface area (Å²) in [7, 11) is 0. The number of aromatic nitrogens is 8. The highest BCUT2D eigenvalue weighted by molar-refractivity contribution is 5.80. The Labute approximate surface area is 148 Å². The van der Waals surface area contributed by atoms with Crippen molar-refractivity contribution in [1.82, 2.24) is 40.0 Å². The van der Waals surface area contributed by atoms with Crippen molar-refractivity contribution in [2.75, 3.05) is 0 Å². The summed E-state index contributed by atoms with van der Waals surface area (Å²) in [5.41, 5.74) is 5.28. The van der Waals surface area contributed by atoms with Crippen LogP contribution in [-0.4, -0.2) is 40.0 Å². The van der Waals surface area contributed by atoms with Crippen LogP contribution in [-0.2, 0) is 6.54 Å². The third kappa shape index (κ3) is 2.44. The fourth-order valence-electron chi connectivity index (χ4n) is 3.07. The summed E-state index contributed by atoms with van der Waals surface area (Å²) < 4.78 is 3.69. The second-order valence-corrected chi connectivity index (χ2v) is 5.92. The Morgan fingerprint density at radius 1 is 0.885 bits per heavy atom. The second-order valence-electron chi connectivity index (χ2n) is 5.92. The Bertz CT molecular complexity index is 1150. The van der Waals surface area contributed by atoms with Crippen LogP contribution in [0.5, 0.6) is 0 Å². The molecule has 0 atom stereocenters. The molecule has 0 saturated carbocycles. The molecule has 0 spiro atoms. The van der Waals surface area contributed by atoms with E-state index in [-0.39, 0.29) is 0 Å². The fraction of sp³-hybridized carbons (Fsp3) is 0.0556. The van der Waals surface area contributed by atoms with E-state index >= 15 is 0 Å². The monoisotopic (exact) mass is 342 g/mol. The minimum Gasteiger partial charge on any atom is -0.310 e. The number of H-pyrrole nitrogens is 1. The molecule has 0 aliphatic rings. The number of tetrazole rings is 1. The van der Waals surface area contributed by atoms with Gasteiger partial charge in [0.05, 0.1) is 12.7 Å². The molecule has 5 aromatic rings. The average Bonchev–Trinajstić information content (AvgIpc) is 3.42. The maximum Gasteiger partial charge on any atom is 0.205 e. The van der Waals surface area contributed by atoms with E-state index in [2.05, 4.69) is 65.7 Å². The first-order valence-electron chi connectivity index (χ1n) is 8.16. The highest BCUT2D eigenvalue weighted by Gasteiger charge is 2.10. The van der Waals surface area contributed by atoms with E-state index in [1.54, 1.807) is 17.2 Å². The minimum atomic E-state index is 0.589. The van der Waals surface area contributed by atoms with Crippen molar-refractivity contribution in [3.8, 4) is 22.5 Å². The van der Waals surface area contributed by atoms with E-state index in [4.69, 9.17) is 0 Å². The summed E-state index contributed by atoms with van der Waals surface area (Å²) in [4.78, 5) is 0. The van der Waals surface area contributed by atoms with Gasteiger partial charge in [-0.3, -0.25) is 0 Å². The van der Waals surface area contributed by atoms with Gasteiger partial charge in [0, 0.05) is 11.6 Å². The lowest BCUT2D eigenvalue weighted by atomic mass is 9.98. The molecule has 5 rings (SSSR count). The van der Waals surface area contributed by atoms with Crippen molar-refractivity contribution in [2.24, 2.45) is 0 Å². The maximum atomic E-state index is 4.23. The Balaban J connectivity index is 1.47. The Morgan fingerprint density at radius 2 is 1.73 bits per heavy atom. The van der Waals surface area contributed by atoms with Gasteiger partial charge in [-0.1, -0.05) is 48.5 Å². The van der Waals surface area contributed by atoms with E-state index in [1.807, 2.05) is 24.3 Å². The molecule has 0 saturated heterocycles. The van der Waals surface area contributed by atoms with Gasteiger partial charge in [-0.05, 0) is 21.9 Å². The maximum absolute atomic E-state index is 4.23. The Kier molecular flexibility index (Phi) is 3.31. The summed E-state index contributed by atoms with van der Waals surface area (Å²) in [5.74, 6) is 0.589. The van der Waals surface area contributed by atoms with Crippen molar-refractivity contribution in [1.29, 1.82) is 0 Å². The van der Waals surface area contributed by atoms with Gasteiger partial charge in [0.1, 0.15) is 6.33 Å². The molecule has 8 heteroatoms. The Morgan fingerprint density at radius 3 is 2.54 bits per heavy atom. The van der Waals surface area contributed by atoms with Crippen LogP contribution in [0.15, 0.2) is 67.1 Å². The van der Waals surface area contributed by atoms with Crippen LogP contribution in [0.1, 0.15) is 5.56 Å². The van der Waals surface area contributed by atoms with Gasteiger partial charge in [-0.25, -0.2) is 0 Å². The van der Waals surface area contributed by atoms with E-state index < -0.39 is 0 Å². The Hall–Kier alpha value is -3.81. The number of hydrogen-bond acceptors (Lipinski definition) is 5. The van der Waals surface area contributed by atoms with E-state index in [1.165, 1.54) is 5.56 Å². The molecule has 1 N–H and O–H groups in total. The number of nitrogens with one attached hydrogen (secondary N) is 1. The highest BCUT2D eigenvalue weighted by Crippen LogP contribution is 2.29. The minimum absolute atomic E-state index is 0.589. The van der Waals surface area contributed by atoms with Crippen LogP contribution in [0.4, 0.5) is 0 Å². The van der Waals surface area contributed by atoms with Crippen LogP contribution < -0.4 is 0 Å². The van der Waals surface area contributed by atoms with Gasteiger partial charge < -0.3 is 4.57 Å². The lowest BCUT2D eigenvalue weighted by Crippen LogP contribution is -1.98. The molecule has 0 aliphatic heterocycles. The van der Waals surface area contributed by atoms with Crippen LogP contribution in [0.25, 0.3) is 28.2 Å². The van der Waals surface area contributed by atoms with Crippen molar-refractivity contribution in [3.05, 3.63) is 72.7 Å². The average molecular weight is 342 g/mol. The smallest absolute Gasteiger partial charge is 0.205 e. The van der Waals surface area contributed by atoms with Crippen molar-refractivity contribution >= 4 is 5.65 Å². The lowest BCUT2D eigenvalue weighted by Gasteiger charge is -2.08. The van der Waals surface area contributed by atoms with Gasteiger partial charge in [0.15, 0.2) is 5.65 Å². The zero-order valence-electron chi connectivity index (χ0n) is 13.7. The predicted octanol–water partition coefficient (Wildman–Crippen LogP) is 2.43. The second kappa shape index (κ2) is 5.92. The van der Waals surface area contributed by atoms with Crippen LogP contribution in [0, 0.1) is 0 Å². The molecular weight excluding hydrogens is 328 g/mol. The van der Waals surface area contributed by atoms with Gasteiger partial charge >= 0.3 is 0 Å². The van der Waals surface area contributed by atoms with E-state index in [0.717, 1.165) is 28.9 Å². The number of fused-ring (bicyclic) bond motifs is 1. The van der Waals surface area contributed by atoms with Crippen LogP contribution in [0.3, 0.4) is 0 Å². The number of nitrogens with zero attached hydrogens (tertiary/aromatic N) is 7. The van der Waals surface area contributed by atoms with Gasteiger partial charge in [-0.2, -0.15) is 10.3 Å². The molecule has 8 nitrogen and oxygen atoms in total. The molecule has 0 bridgehead atoms. The van der Waals surface area contributed by atoms with Gasteiger partial charge in [0.2, 0.25) is 5.82 Å². The molecule has 0 unspecified atom stereocenters. The highest BCUT2D eigenvalue weighted by atomic mass is 15.5. The molecule has 0 radical (unpaired) electrons. The molecule has 0 fully saturated rings. The zero-order chi connectivity index (χ0) is 17.3. The fourth-order valence-corrected chi connectivity index (χ4v) is 3.07. The lowest BCUT2D eigenvalue weighted by molar-refractivity contribution is 0.821. The predicted molar refractivity (Wildman–Crippen MR) is 95.1 cm³/mol. The largest absolute Gasteiger partial charge is 0.310 e. The SMILES string of the molecule is c1ccc(-c2nn[nH]n2)c(-c2ccc(Cn3cnn4nccc34)cc2)c1. The quantitative estimate of drug-likeness (QED) is 0.542. The molecule has 0 amide bonds. The zero-order valence-corrected chi connectivity index (χ0v) is 13.7. The normalized spacial score (nSPS) is 11.2. The summed E-state index contributed by atoms with van der Waals surface area (Å²) in [6.45, 7) is 0.738. The number of aromatic amines is 1. The van der Waals surface area contributed by atoms with Crippen molar-refractivity contribution in [3.63, 3.8) is 0 Å². The molecular formula is C18H14N8. The molecule has 3 aromatic heterocycles. The third-order valence-corrected chi connectivity index (χ3v) is 4.33. The van der Waals surface area contributed by atoms with Gasteiger partial charge in [0.25, 0.3) is 0 Å². The van der Waals surface area contributed by atoms with Crippen LogP contribution >= 0.6 is 0 Å². The number of rotatable bonds is 4. The standard InChI is InChI=1S/C18H14N8/c1-2-4-16(18-21-23-24-22-18)15(3-1)14-7-5-13(6-8-14)11-25-12-20-26-17(25)9-10-19-26/h1-10,12H,11H2,(H,21,22,23,24). The van der Waals surface area contributed by atoms with Crippen molar-refractivity contribution in [2.45, 2.75) is 6.54 Å². The summed E-state index contributed by atoms with van der Waals surface area (Å²) in [5, 5.41) is 22.7. The third-order valence-electron chi connectivity index (χ3n) is 4.33. The summed E-state index contributed by atoms with van der Waals surface area (Å²) in [6.07, 6.45) is 3.54. The molecule has 0 aliphatic carbocycles. The molecule has 126 valence electrons. The summed E-state index contributed by atoms with van der Waals surface area (Å²) >= 11 is 0. The first kappa shape index (κ1) is 14.5. The first-order valence-corrected chi connectivity index (χ1v) is 8.16. The van der Waals surface area contributed by atoms with Crippen LogP contribution in [0.2, 0.25) is 0 Å². The first-order chi connectivity index (χ1) is 12.9. The summed E-state index contributed by atoms with van der Waals surface area (Å²) in [6, 6.07) is 18.4.